The van der Waals surface area contributed by atoms with Crippen LogP contribution in [0.1, 0.15) is 37.6 Å². The van der Waals surface area contributed by atoms with Gasteiger partial charge in [0.05, 0.1) is 17.6 Å². The van der Waals surface area contributed by atoms with E-state index in [1.54, 1.807) is 0 Å². The Labute approximate surface area is 164 Å². The second kappa shape index (κ2) is 7.24. The zero-order chi connectivity index (χ0) is 19.9. The highest BCUT2D eigenvalue weighted by Gasteiger charge is 2.32. The Morgan fingerprint density at radius 3 is 2.74 bits per heavy atom. The second-order valence-corrected chi connectivity index (χ2v) is 10.6. The fraction of sp³-hybridized carbons (Fsp3) is 0.474. The van der Waals surface area contributed by atoms with E-state index >= 15 is 0 Å². The third kappa shape index (κ3) is 4.16. The minimum atomic E-state index is -3.30. The number of amides is 1. The van der Waals surface area contributed by atoms with Gasteiger partial charge in [-0.25, -0.2) is 13.4 Å². The number of sulfonamides is 1. The lowest BCUT2D eigenvalue weighted by molar-refractivity contribution is -0.116. The van der Waals surface area contributed by atoms with Gasteiger partial charge in [0, 0.05) is 22.9 Å². The molecule has 1 aliphatic rings. The van der Waals surface area contributed by atoms with E-state index in [-0.39, 0.29) is 11.9 Å². The van der Waals surface area contributed by atoms with Gasteiger partial charge in [0.2, 0.25) is 15.9 Å². The predicted octanol–water partition coefficient (Wildman–Crippen LogP) is 3.81. The van der Waals surface area contributed by atoms with Crippen molar-refractivity contribution < 1.29 is 13.2 Å². The molecule has 0 spiro atoms. The lowest BCUT2D eigenvalue weighted by Crippen LogP contribution is -2.34. The minimum absolute atomic E-state index is 0.0307. The Balaban J connectivity index is 1.89. The first-order valence-electron chi connectivity index (χ1n) is 8.96. The van der Waals surface area contributed by atoms with Crippen LogP contribution in [0.5, 0.6) is 0 Å². The zero-order valence-electron chi connectivity index (χ0n) is 16.2. The van der Waals surface area contributed by atoms with Crippen molar-refractivity contribution in [1.82, 2.24) is 4.98 Å². The van der Waals surface area contributed by atoms with Gasteiger partial charge in [-0.15, -0.1) is 11.3 Å². The van der Waals surface area contributed by atoms with Crippen molar-refractivity contribution in [2.45, 2.75) is 46.6 Å². The summed E-state index contributed by atoms with van der Waals surface area (Å²) < 4.78 is 25.6. The standard InChI is InChI=1S/C19H25N3O3S2/c1-11(2)8-17(23)20-19-21-18(13(4)26-19)14-6-7-16-15(10-14)9-12(3)22(16)27(5,24)25/h6-7,10-12H,8-9H2,1-5H3,(H,20,21,23)/t12-/m0/s1. The molecule has 8 heteroatoms. The minimum Gasteiger partial charge on any atom is -0.302 e. The number of rotatable bonds is 5. The van der Waals surface area contributed by atoms with E-state index < -0.39 is 10.0 Å². The molecular formula is C19H25N3O3S2. The SMILES string of the molecule is Cc1sc(NC(=O)CC(C)C)nc1-c1ccc2c(c1)C[C@H](C)N2S(C)(=O)=O. The lowest BCUT2D eigenvalue weighted by atomic mass is 10.0. The first-order chi connectivity index (χ1) is 12.6. The summed E-state index contributed by atoms with van der Waals surface area (Å²) in [7, 11) is -3.30. The van der Waals surface area contributed by atoms with Crippen LogP contribution in [0.2, 0.25) is 0 Å². The number of aryl methyl sites for hydroxylation is 1. The normalized spacial score (nSPS) is 16.7. The highest BCUT2D eigenvalue weighted by molar-refractivity contribution is 7.92. The van der Waals surface area contributed by atoms with Crippen molar-refractivity contribution in [2.24, 2.45) is 5.92 Å². The van der Waals surface area contributed by atoms with Crippen LogP contribution in [0.15, 0.2) is 18.2 Å². The van der Waals surface area contributed by atoms with Crippen LogP contribution >= 0.6 is 11.3 Å². The molecule has 27 heavy (non-hydrogen) atoms. The van der Waals surface area contributed by atoms with Crippen LogP contribution in [0.3, 0.4) is 0 Å². The van der Waals surface area contributed by atoms with E-state index in [4.69, 9.17) is 0 Å². The number of fused-ring (bicyclic) bond motifs is 1. The van der Waals surface area contributed by atoms with Crippen molar-refractivity contribution in [3.05, 3.63) is 28.6 Å². The molecule has 0 fully saturated rings. The number of benzene rings is 1. The maximum atomic E-state index is 12.1. The fourth-order valence-electron chi connectivity index (χ4n) is 3.51. The lowest BCUT2D eigenvalue weighted by Gasteiger charge is -2.21. The summed E-state index contributed by atoms with van der Waals surface area (Å²) >= 11 is 1.45. The summed E-state index contributed by atoms with van der Waals surface area (Å²) in [6.07, 6.45) is 2.38. The Hall–Kier alpha value is -1.93. The Kier molecular flexibility index (Phi) is 5.31. The topological polar surface area (TPSA) is 79.4 Å². The molecule has 1 N–H and O–H groups in total. The Morgan fingerprint density at radius 2 is 2.11 bits per heavy atom. The van der Waals surface area contributed by atoms with Crippen LogP contribution < -0.4 is 9.62 Å². The summed E-state index contributed by atoms with van der Waals surface area (Å²) in [5.74, 6) is 0.263. The first-order valence-corrected chi connectivity index (χ1v) is 11.6. The van der Waals surface area contributed by atoms with E-state index in [1.165, 1.54) is 21.9 Å². The van der Waals surface area contributed by atoms with Crippen LogP contribution in [-0.2, 0) is 21.2 Å². The van der Waals surface area contributed by atoms with E-state index in [2.05, 4.69) is 10.3 Å². The van der Waals surface area contributed by atoms with Crippen molar-refractivity contribution in [3.63, 3.8) is 0 Å². The highest BCUT2D eigenvalue weighted by Crippen LogP contribution is 2.38. The van der Waals surface area contributed by atoms with Crippen LogP contribution in [-0.4, -0.2) is 31.6 Å². The molecule has 6 nitrogen and oxygen atoms in total. The Bertz CT molecular complexity index is 980. The molecule has 0 saturated carbocycles. The van der Waals surface area contributed by atoms with Crippen molar-refractivity contribution >= 4 is 38.1 Å². The molecule has 0 unspecified atom stereocenters. The molecule has 1 atom stereocenters. The number of carbonyl (C=O) groups is 1. The summed E-state index contributed by atoms with van der Waals surface area (Å²) in [5.41, 5.74) is 3.51. The van der Waals surface area contributed by atoms with Crippen molar-refractivity contribution in [3.8, 4) is 11.3 Å². The van der Waals surface area contributed by atoms with E-state index in [9.17, 15) is 13.2 Å². The quantitative estimate of drug-likeness (QED) is 0.817. The van der Waals surface area contributed by atoms with E-state index in [0.29, 0.717) is 23.9 Å². The van der Waals surface area contributed by atoms with Gasteiger partial charge in [0.25, 0.3) is 0 Å². The molecule has 0 saturated heterocycles. The first kappa shape index (κ1) is 19.8. The number of nitrogens with zero attached hydrogens (tertiary/aromatic N) is 2. The smallest absolute Gasteiger partial charge is 0.232 e. The van der Waals surface area contributed by atoms with Crippen molar-refractivity contribution in [1.29, 1.82) is 0 Å². The van der Waals surface area contributed by atoms with Gasteiger partial charge in [-0.3, -0.25) is 9.10 Å². The number of nitrogens with one attached hydrogen (secondary N) is 1. The van der Waals surface area contributed by atoms with Gasteiger partial charge >= 0.3 is 0 Å². The third-order valence-electron chi connectivity index (χ3n) is 4.50. The molecule has 0 radical (unpaired) electrons. The summed E-state index contributed by atoms with van der Waals surface area (Å²) in [5, 5.41) is 3.47. The molecule has 1 aliphatic heterocycles. The average molecular weight is 408 g/mol. The fourth-order valence-corrected chi connectivity index (χ4v) is 5.63. The van der Waals surface area contributed by atoms with Gasteiger partial charge in [0.1, 0.15) is 0 Å². The van der Waals surface area contributed by atoms with Crippen LogP contribution in [0.4, 0.5) is 10.8 Å². The van der Waals surface area contributed by atoms with Crippen LogP contribution in [0, 0.1) is 12.8 Å². The largest absolute Gasteiger partial charge is 0.302 e. The van der Waals surface area contributed by atoms with E-state index in [1.807, 2.05) is 45.9 Å². The molecule has 0 aliphatic carbocycles. The summed E-state index contributed by atoms with van der Waals surface area (Å²) in [4.78, 5) is 17.6. The van der Waals surface area contributed by atoms with Gasteiger partial charge in [0.15, 0.2) is 5.13 Å². The number of anilines is 2. The maximum Gasteiger partial charge on any atom is 0.232 e. The monoisotopic (exact) mass is 407 g/mol. The molecule has 1 aromatic carbocycles. The molecule has 146 valence electrons. The molecule has 3 rings (SSSR count). The molecule has 1 aromatic heterocycles. The van der Waals surface area contributed by atoms with E-state index in [0.717, 1.165) is 27.4 Å². The van der Waals surface area contributed by atoms with Gasteiger partial charge in [-0.2, -0.15) is 0 Å². The average Bonchev–Trinajstić information content (AvgIpc) is 3.03. The maximum absolute atomic E-state index is 12.1. The predicted molar refractivity (Wildman–Crippen MR) is 111 cm³/mol. The molecule has 1 amide bonds. The van der Waals surface area contributed by atoms with Crippen molar-refractivity contribution in [2.75, 3.05) is 15.9 Å². The highest BCUT2D eigenvalue weighted by atomic mass is 32.2. The molecular weight excluding hydrogens is 382 g/mol. The van der Waals surface area contributed by atoms with Crippen LogP contribution in [0.25, 0.3) is 11.3 Å². The molecule has 2 heterocycles. The number of carbonyl (C=O) groups excluding carboxylic acids is 1. The summed E-state index contributed by atoms with van der Waals surface area (Å²) in [6.45, 7) is 7.90. The summed E-state index contributed by atoms with van der Waals surface area (Å²) in [6, 6.07) is 5.67. The van der Waals surface area contributed by atoms with Gasteiger partial charge in [-0.1, -0.05) is 19.9 Å². The molecule has 2 aromatic rings. The molecule has 0 bridgehead atoms. The zero-order valence-corrected chi connectivity index (χ0v) is 17.9. The number of hydrogen-bond donors (Lipinski definition) is 1. The number of thiazole rings is 1. The number of aromatic nitrogens is 1. The number of hydrogen-bond acceptors (Lipinski definition) is 5. The van der Waals surface area contributed by atoms with Gasteiger partial charge < -0.3 is 5.32 Å². The van der Waals surface area contributed by atoms with Gasteiger partial charge in [-0.05, 0) is 43.9 Å². The Morgan fingerprint density at radius 1 is 1.41 bits per heavy atom. The third-order valence-corrected chi connectivity index (χ3v) is 6.66. The second-order valence-electron chi connectivity index (χ2n) is 7.53.